The molecule has 0 spiro atoms. The number of hydrogen-bond acceptors (Lipinski definition) is 11. The molecule has 1 unspecified atom stereocenters. The van der Waals surface area contributed by atoms with Crippen molar-refractivity contribution < 1.29 is 88.9 Å². The minimum Gasteiger partial charge on any atom is -0.549 e. The van der Waals surface area contributed by atoms with Gasteiger partial charge in [-0.25, -0.2) is 4.79 Å². The molecule has 3 aromatic carbocycles. The average molecular weight is 743 g/mol. The molecule has 1 aliphatic heterocycles. The van der Waals surface area contributed by atoms with Crippen LogP contribution in [-0.4, -0.2) is 91.4 Å². The maximum Gasteiger partial charge on any atom is 1.00 e. The molecule has 0 aromatic heterocycles. The van der Waals surface area contributed by atoms with Crippen LogP contribution >= 0.6 is 0 Å². The van der Waals surface area contributed by atoms with E-state index in [1.807, 2.05) is 27.7 Å². The summed E-state index contributed by atoms with van der Waals surface area (Å²) in [6, 6.07) is 10.1. The minimum atomic E-state index is -1.77. The van der Waals surface area contributed by atoms with Crippen LogP contribution in [0.3, 0.4) is 0 Å². The van der Waals surface area contributed by atoms with E-state index < -0.39 is 61.6 Å². The summed E-state index contributed by atoms with van der Waals surface area (Å²) in [4.78, 5) is 62.9. The Bertz CT molecular complexity index is 1800. The van der Waals surface area contributed by atoms with Gasteiger partial charge in [0.15, 0.2) is 5.60 Å². The van der Waals surface area contributed by atoms with Crippen LogP contribution in [-0.2, 0) is 42.6 Å². The van der Waals surface area contributed by atoms with Crippen LogP contribution < -0.4 is 34.7 Å². The Morgan fingerprint density at radius 3 is 1.49 bits per heavy atom. The standard InChI is InChI=1S/C38H44N2O12.Na/c1-19(2)24-11-29(21(5)26(35(24)49)13-39(15-31(41)42)16-32(43)44)38(28-10-8-7-9-23(28)37(51)52-38)30-12-25(20(3)4)36(50)27(22(30)6)14-40(17-33(45)46)18-34(47)48;/h7-12,19-20,49-50H,13-18H2,1-6H3,(H,41,42)(H,43,44)(H,45,46)(H,47,48);/q;+1/p-1. The van der Waals surface area contributed by atoms with Crippen molar-refractivity contribution >= 4 is 29.8 Å². The number of aliphatic carboxylic acids is 4. The zero-order valence-electron chi connectivity index (χ0n) is 30.8. The first-order chi connectivity index (χ1) is 24.3. The molecule has 0 bridgehead atoms. The molecule has 53 heavy (non-hydrogen) atoms. The maximum absolute atomic E-state index is 13.8. The van der Waals surface area contributed by atoms with Crippen LogP contribution in [0.25, 0.3) is 0 Å². The number of esters is 1. The number of hydrogen-bond donors (Lipinski definition) is 5. The van der Waals surface area contributed by atoms with Gasteiger partial charge in [0, 0.05) is 47.5 Å². The fourth-order valence-corrected chi connectivity index (χ4v) is 6.99. The van der Waals surface area contributed by atoms with Crippen LogP contribution in [0.15, 0.2) is 36.4 Å². The van der Waals surface area contributed by atoms with E-state index in [0.717, 1.165) is 9.80 Å². The molecule has 0 radical (unpaired) electrons. The first-order valence-electron chi connectivity index (χ1n) is 16.6. The number of phenolic OH excluding ortho intramolecular Hbond substituents is 2. The van der Waals surface area contributed by atoms with Crippen molar-refractivity contribution in [2.24, 2.45) is 0 Å². The molecule has 278 valence electrons. The van der Waals surface area contributed by atoms with E-state index in [-0.39, 0.29) is 82.7 Å². The second-order valence-corrected chi connectivity index (χ2v) is 13.7. The summed E-state index contributed by atoms with van der Waals surface area (Å²) >= 11 is 0. The third-order valence-corrected chi connectivity index (χ3v) is 9.40. The molecule has 15 heteroatoms. The van der Waals surface area contributed by atoms with Crippen LogP contribution in [0.5, 0.6) is 11.5 Å². The van der Waals surface area contributed by atoms with E-state index in [1.54, 1.807) is 50.2 Å². The SMILES string of the molecule is Cc1c(C2(c3cc(C(C)C)c(O)c(CN(CC(=O)O)CC(=O)O)c3C)OC(=O)c3ccccc32)cc(C(C)C)c(O)c1CN(CC(=O)[O-])CC(=O)O.[Na+]. The largest absolute Gasteiger partial charge is 1.00 e. The topological polar surface area (TPSA) is 225 Å². The third kappa shape index (κ3) is 8.85. The first kappa shape index (κ1) is 42.9. The van der Waals surface area contributed by atoms with E-state index in [1.165, 1.54) is 0 Å². The number of nitrogens with zero attached hydrogens (tertiary/aromatic N) is 2. The van der Waals surface area contributed by atoms with Gasteiger partial charge >= 0.3 is 53.4 Å². The minimum absolute atomic E-state index is 0. The summed E-state index contributed by atoms with van der Waals surface area (Å²) in [6.07, 6.45) is 0. The second-order valence-electron chi connectivity index (χ2n) is 13.7. The molecule has 0 saturated carbocycles. The fourth-order valence-electron chi connectivity index (χ4n) is 6.99. The number of carboxylic acid groups (broad SMARTS) is 4. The monoisotopic (exact) mass is 742 g/mol. The zero-order chi connectivity index (χ0) is 38.8. The molecule has 1 aliphatic rings. The maximum atomic E-state index is 13.8. The summed E-state index contributed by atoms with van der Waals surface area (Å²) in [5.41, 5.74) is 1.56. The number of carbonyl (C=O) groups excluding carboxylic acids is 2. The first-order valence-corrected chi connectivity index (χ1v) is 16.6. The van der Waals surface area contributed by atoms with Gasteiger partial charge in [-0.3, -0.25) is 24.2 Å². The van der Waals surface area contributed by atoms with Crippen LogP contribution in [0, 0.1) is 13.8 Å². The Balaban J connectivity index is 0.00000756. The van der Waals surface area contributed by atoms with Gasteiger partial charge in [-0.1, -0.05) is 45.9 Å². The molecule has 0 amide bonds. The summed E-state index contributed by atoms with van der Waals surface area (Å²) < 4.78 is 6.46. The van der Waals surface area contributed by atoms with Crippen molar-refractivity contribution in [3.8, 4) is 11.5 Å². The van der Waals surface area contributed by atoms with Crippen molar-refractivity contribution in [2.45, 2.75) is 72.1 Å². The predicted molar refractivity (Wildman–Crippen MR) is 184 cm³/mol. The van der Waals surface area contributed by atoms with E-state index in [0.29, 0.717) is 38.9 Å². The van der Waals surface area contributed by atoms with Gasteiger partial charge in [-0.05, 0) is 66.1 Å². The Hall–Kier alpha value is -4.47. The fraction of sp³-hybridized carbons (Fsp3) is 0.395. The summed E-state index contributed by atoms with van der Waals surface area (Å²) in [6.45, 7) is 7.22. The molecule has 0 fully saturated rings. The van der Waals surface area contributed by atoms with Gasteiger partial charge in [-0.2, -0.15) is 0 Å². The summed E-state index contributed by atoms with van der Waals surface area (Å²) in [7, 11) is 0. The van der Waals surface area contributed by atoms with Crippen LogP contribution in [0.1, 0.15) is 100.0 Å². The number of rotatable bonds is 16. The number of cyclic esters (lactones) is 1. The van der Waals surface area contributed by atoms with Crippen molar-refractivity contribution in [3.05, 3.63) is 92.0 Å². The van der Waals surface area contributed by atoms with Gasteiger partial charge in [0.1, 0.15) is 11.5 Å². The Morgan fingerprint density at radius 2 is 1.11 bits per heavy atom. The molecule has 0 aliphatic carbocycles. The van der Waals surface area contributed by atoms with Gasteiger partial charge in [0.2, 0.25) is 0 Å². The van der Waals surface area contributed by atoms with Crippen LogP contribution in [0.4, 0.5) is 0 Å². The molecule has 1 heterocycles. The Morgan fingerprint density at radius 1 is 0.717 bits per heavy atom. The van der Waals surface area contributed by atoms with Gasteiger partial charge in [0.25, 0.3) is 0 Å². The van der Waals surface area contributed by atoms with Crippen LogP contribution in [0.2, 0.25) is 0 Å². The average Bonchev–Trinajstić information content (AvgIpc) is 3.32. The third-order valence-electron chi connectivity index (χ3n) is 9.40. The van der Waals surface area contributed by atoms with Crippen molar-refractivity contribution in [3.63, 3.8) is 0 Å². The molecule has 14 nitrogen and oxygen atoms in total. The number of carbonyl (C=O) groups is 5. The smallest absolute Gasteiger partial charge is 0.549 e. The van der Waals surface area contributed by atoms with E-state index in [9.17, 15) is 54.6 Å². The Labute approximate surface area is 328 Å². The molecule has 0 saturated heterocycles. The van der Waals surface area contributed by atoms with Gasteiger partial charge in [-0.15, -0.1) is 0 Å². The van der Waals surface area contributed by atoms with Gasteiger partial charge in [0.05, 0.1) is 31.2 Å². The van der Waals surface area contributed by atoms with Crippen molar-refractivity contribution in [1.82, 2.24) is 9.80 Å². The number of aromatic hydroxyl groups is 2. The van der Waals surface area contributed by atoms with E-state index in [2.05, 4.69) is 0 Å². The van der Waals surface area contributed by atoms with Crippen molar-refractivity contribution in [1.29, 1.82) is 0 Å². The second kappa shape index (κ2) is 17.1. The van der Waals surface area contributed by atoms with E-state index in [4.69, 9.17) is 4.74 Å². The number of fused-ring (bicyclic) bond motifs is 1. The predicted octanol–water partition coefficient (Wildman–Crippen LogP) is 0.0354. The molecule has 3 aromatic rings. The number of ether oxygens (including phenoxy) is 1. The molecule has 5 N–H and O–H groups in total. The van der Waals surface area contributed by atoms with Gasteiger partial charge < -0.3 is 40.2 Å². The number of phenols is 2. The summed E-state index contributed by atoms with van der Waals surface area (Å²) in [5, 5.41) is 63.6. The van der Waals surface area contributed by atoms with Crippen molar-refractivity contribution in [2.75, 3.05) is 26.2 Å². The normalized spacial score (nSPS) is 15.1. The molecular formula is C38H43N2NaO12. The molecular weight excluding hydrogens is 699 g/mol. The Kier molecular flexibility index (Phi) is 13.9. The number of carboxylic acids is 4. The summed E-state index contributed by atoms with van der Waals surface area (Å²) in [5.74, 6) is -7.10. The molecule has 1 atom stereocenters. The zero-order valence-corrected chi connectivity index (χ0v) is 32.8. The molecule has 4 rings (SSSR count). The van der Waals surface area contributed by atoms with E-state index >= 15 is 0 Å². The number of benzene rings is 3. The quantitative estimate of drug-likeness (QED) is 0.0966.